The molecule has 0 unspecified atom stereocenters. The van der Waals surface area contributed by atoms with Crippen LogP contribution >= 0.6 is 15.9 Å². The molecule has 0 spiro atoms. The highest BCUT2D eigenvalue weighted by Crippen LogP contribution is 2.31. The fourth-order valence-corrected chi connectivity index (χ4v) is 4.26. The molecular formula is C15H14BrN5O4S. The van der Waals surface area contributed by atoms with Crippen LogP contribution in [0.1, 0.15) is 27.3 Å². The van der Waals surface area contributed by atoms with Gasteiger partial charge in [0.25, 0.3) is 21.0 Å². The molecule has 0 aliphatic heterocycles. The number of rotatable bonds is 4. The van der Waals surface area contributed by atoms with Gasteiger partial charge in [-0.2, -0.15) is 13.4 Å². The minimum absolute atomic E-state index is 0.0654. The summed E-state index contributed by atoms with van der Waals surface area (Å²) in [4.78, 5) is 19.4. The van der Waals surface area contributed by atoms with E-state index in [2.05, 4.69) is 35.7 Å². The number of sulfonamides is 1. The van der Waals surface area contributed by atoms with Crippen LogP contribution in [-0.2, 0) is 10.0 Å². The fraction of sp³-hybridized carbons (Fsp3) is 0.200. The molecule has 3 aromatic rings. The summed E-state index contributed by atoms with van der Waals surface area (Å²) >= 11 is 3.15. The van der Waals surface area contributed by atoms with Crippen molar-refractivity contribution in [1.29, 1.82) is 0 Å². The third kappa shape index (κ3) is 3.15. The molecule has 0 fully saturated rings. The number of hydrogen-bond acceptors (Lipinski definition) is 6. The van der Waals surface area contributed by atoms with E-state index < -0.39 is 21.1 Å². The minimum atomic E-state index is -4.15. The Labute approximate surface area is 157 Å². The van der Waals surface area contributed by atoms with Crippen molar-refractivity contribution < 1.29 is 18.3 Å². The van der Waals surface area contributed by atoms with Gasteiger partial charge in [-0.05, 0) is 54.4 Å². The zero-order valence-corrected chi connectivity index (χ0v) is 16.4. The lowest BCUT2D eigenvalue weighted by atomic mass is 10.1. The predicted octanol–water partition coefficient (Wildman–Crippen LogP) is 2.31. The Morgan fingerprint density at radius 1 is 1.23 bits per heavy atom. The molecular weight excluding hydrogens is 426 g/mol. The van der Waals surface area contributed by atoms with E-state index in [0.717, 1.165) is 0 Å². The van der Waals surface area contributed by atoms with Crippen LogP contribution in [0.4, 0.5) is 5.69 Å². The van der Waals surface area contributed by atoms with Crippen LogP contribution in [0.2, 0.25) is 0 Å². The molecule has 1 aromatic carbocycles. The Morgan fingerprint density at radius 3 is 2.58 bits per heavy atom. The number of halogens is 1. The Kier molecular flexibility index (Phi) is 4.44. The topological polar surface area (TPSA) is 127 Å². The van der Waals surface area contributed by atoms with Crippen LogP contribution in [0.25, 0.3) is 5.78 Å². The first-order valence-electron chi connectivity index (χ1n) is 7.36. The molecule has 3 rings (SSSR count). The van der Waals surface area contributed by atoms with Crippen molar-refractivity contribution >= 4 is 43.4 Å². The number of fused-ring (bicyclic) bond motifs is 1. The van der Waals surface area contributed by atoms with Crippen LogP contribution in [0.3, 0.4) is 0 Å². The zero-order chi connectivity index (χ0) is 19.2. The highest BCUT2D eigenvalue weighted by molar-refractivity contribution is 9.10. The summed E-state index contributed by atoms with van der Waals surface area (Å²) in [5.74, 6) is -1.02. The molecule has 2 heterocycles. The molecule has 0 aliphatic rings. The van der Waals surface area contributed by atoms with Gasteiger partial charge in [-0.15, -0.1) is 5.10 Å². The summed E-state index contributed by atoms with van der Waals surface area (Å²) in [7, 11) is -4.15. The minimum Gasteiger partial charge on any atom is -0.478 e. The first-order chi connectivity index (χ1) is 12.1. The van der Waals surface area contributed by atoms with Crippen LogP contribution in [-0.4, -0.2) is 39.1 Å². The average Bonchev–Trinajstić information content (AvgIpc) is 2.96. The summed E-state index contributed by atoms with van der Waals surface area (Å²) < 4.78 is 29.2. The molecule has 0 aliphatic carbocycles. The number of aromatic carboxylic acids is 1. The van der Waals surface area contributed by atoms with E-state index >= 15 is 0 Å². The maximum Gasteiger partial charge on any atom is 0.336 e. The van der Waals surface area contributed by atoms with Gasteiger partial charge in [0, 0.05) is 11.4 Å². The quantitative estimate of drug-likeness (QED) is 0.638. The number of carboxylic acids is 1. The molecule has 2 N–H and O–H groups in total. The Balaban J connectivity index is 2.09. The zero-order valence-electron chi connectivity index (χ0n) is 14.0. The van der Waals surface area contributed by atoms with Crippen molar-refractivity contribution in [2.75, 3.05) is 4.72 Å². The van der Waals surface area contributed by atoms with Gasteiger partial charge >= 0.3 is 5.97 Å². The van der Waals surface area contributed by atoms with Crippen LogP contribution in [0.15, 0.2) is 27.8 Å². The second-order valence-electron chi connectivity index (χ2n) is 5.67. The number of nitrogens with zero attached hydrogens (tertiary/aromatic N) is 4. The van der Waals surface area contributed by atoms with Crippen molar-refractivity contribution in [1.82, 2.24) is 19.6 Å². The molecule has 0 saturated carbocycles. The first-order valence-corrected chi connectivity index (χ1v) is 9.64. The summed E-state index contributed by atoms with van der Waals surface area (Å²) in [5, 5.41) is 12.8. The molecule has 2 aromatic heterocycles. The van der Waals surface area contributed by atoms with E-state index in [9.17, 15) is 18.3 Å². The molecule has 11 heteroatoms. The van der Waals surface area contributed by atoms with Crippen LogP contribution in [0.5, 0.6) is 0 Å². The van der Waals surface area contributed by atoms with Crippen molar-refractivity contribution in [2.24, 2.45) is 0 Å². The molecule has 9 nitrogen and oxygen atoms in total. The number of aromatic nitrogens is 4. The number of carbonyl (C=O) groups is 1. The van der Waals surface area contributed by atoms with Gasteiger partial charge in [-0.1, -0.05) is 6.07 Å². The lowest BCUT2D eigenvalue weighted by Gasteiger charge is -2.12. The lowest BCUT2D eigenvalue weighted by Crippen LogP contribution is -2.17. The van der Waals surface area contributed by atoms with E-state index in [-0.39, 0.29) is 21.5 Å². The Hall–Kier alpha value is -2.53. The van der Waals surface area contributed by atoms with Crippen molar-refractivity contribution in [3.8, 4) is 0 Å². The Bertz CT molecular complexity index is 1160. The summed E-state index contributed by atoms with van der Waals surface area (Å²) in [6.07, 6.45) is 0. The standard InChI is InChI=1S/C15H14BrN5O4S/c1-7-4-5-10(13(22)23)11(16)12(7)20-26(24,25)15-18-14-17-8(2)6-9(3)21(14)19-15/h4-6,20H,1-3H3,(H,22,23). The SMILES string of the molecule is Cc1cc(C)n2nc(S(=O)(=O)Nc3c(C)ccc(C(=O)O)c3Br)nc2n1. The van der Waals surface area contributed by atoms with Gasteiger partial charge in [-0.25, -0.2) is 14.3 Å². The number of carboxylic acid groups (broad SMARTS) is 1. The maximum atomic E-state index is 12.7. The van der Waals surface area contributed by atoms with Crippen molar-refractivity contribution in [3.63, 3.8) is 0 Å². The van der Waals surface area contributed by atoms with Crippen molar-refractivity contribution in [2.45, 2.75) is 25.9 Å². The summed E-state index contributed by atoms with van der Waals surface area (Å²) in [6.45, 7) is 5.18. The van der Waals surface area contributed by atoms with Gasteiger partial charge in [0.1, 0.15) is 0 Å². The second-order valence-corrected chi connectivity index (χ2v) is 8.04. The summed E-state index contributed by atoms with van der Waals surface area (Å²) in [6, 6.07) is 4.65. The molecule has 0 saturated heterocycles. The van der Waals surface area contributed by atoms with E-state index in [1.54, 1.807) is 26.8 Å². The van der Waals surface area contributed by atoms with E-state index in [4.69, 9.17) is 0 Å². The number of aryl methyl sites for hydroxylation is 3. The monoisotopic (exact) mass is 439 g/mol. The van der Waals surface area contributed by atoms with E-state index in [0.29, 0.717) is 17.0 Å². The molecule has 0 bridgehead atoms. The van der Waals surface area contributed by atoms with E-state index in [1.807, 2.05) is 0 Å². The Morgan fingerprint density at radius 2 is 1.92 bits per heavy atom. The third-order valence-corrected chi connectivity index (χ3v) is 5.61. The number of benzene rings is 1. The third-order valence-electron chi connectivity index (χ3n) is 3.66. The number of anilines is 1. The van der Waals surface area contributed by atoms with Gasteiger partial charge in [0.05, 0.1) is 15.7 Å². The van der Waals surface area contributed by atoms with Crippen LogP contribution in [0, 0.1) is 20.8 Å². The largest absolute Gasteiger partial charge is 0.478 e. The van der Waals surface area contributed by atoms with E-state index in [1.165, 1.54) is 16.6 Å². The molecule has 136 valence electrons. The molecule has 26 heavy (non-hydrogen) atoms. The van der Waals surface area contributed by atoms with Gasteiger partial charge in [-0.3, -0.25) is 4.72 Å². The second kappa shape index (κ2) is 6.32. The molecule has 0 amide bonds. The number of nitrogens with one attached hydrogen (secondary N) is 1. The predicted molar refractivity (Wildman–Crippen MR) is 96.9 cm³/mol. The smallest absolute Gasteiger partial charge is 0.336 e. The normalized spacial score (nSPS) is 11.7. The van der Waals surface area contributed by atoms with Crippen molar-refractivity contribution in [3.05, 3.63) is 45.2 Å². The van der Waals surface area contributed by atoms with Gasteiger partial charge in [0.2, 0.25) is 0 Å². The van der Waals surface area contributed by atoms with Gasteiger partial charge in [0.15, 0.2) is 0 Å². The first kappa shape index (κ1) is 18.3. The lowest BCUT2D eigenvalue weighted by molar-refractivity contribution is 0.0696. The molecule has 0 atom stereocenters. The maximum absolute atomic E-state index is 12.7. The highest BCUT2D eigenvalue weighted by atomic mass is 79.9. The average molecular weight is 440 g/mol. The van der Waals surface area contributed by atoms with Crippen LogP contribution < -0.4 is 4.72 Å². The highest BCUT2D eigenvalue weighted by Gasteiger charge is 2.25. The fourth-order valence-electron chi connectivity index (χ4n) is 2.40. The van der Waals surface area contributed by atoms with Gasteiger partial charge < -0.3 is 5.11 Å². The number of hydrogen-bond donors (Lipinski definition) is 2. The summed E-state index contributed by atoms with van der Waals surface area (Å²) in [5.41, 5.74) is 1.96. The molecule has 0 radical (unpaired) electrons.